The maximum Gasteiger partial charge on any atom is 0.256 e. The molecule has 0 N–H and O–H groups in total. The van der Waals surface area contributed by atoms with Crippen LogP contribution in [-0.2, 0) is 25.5 Å². The number of fused-ring (bicyclic) bond motifs is 2. The lowest BCUT2D eigenvalue weighted by Crippen LogP contribution is -2.26. The Kier molecular flexibility index (Phi) is 8.75. The van der Waals surface area contributed by atoms with Crippen molar-refractivity contribution < 1.29 is 0 Å². The van der Waals surface area contributed by atoms with Gasteiger partial charge in [0.2, 0.25) is 0 Å². The highest BCUT2D eigenvalue weighted by Gasteiger charge is 2.11. The van der Waals surface area contributed by atoms with E-state index < -0.39 is 0 Å². The van der Waals surface area contributed by atoms with E-state index in [2.05, 4.69) is 10.1 Å². The fourth-order valence-corrected chi connectivity index (χ4v) is 5.51. The highest BCUT2D eigenvalue weighted by Crippen LogP contribution is 2.17. The lowest BCUT2D eigenvalue weighted by atomic mass is 10.1. The van der Waals surface area contributed by atoms with Crippen LogP contribution in [0.1, 0.15) is 22.3 Å². The van der Waals surface area contributed by atoms with Gasteiger partial charge in [0.1, 0.15) is 12.7 Å². The van der Waals surface area contributed by atoms with Gasteiger partial charge >= 0.3 is 0 Å². The number of rotatable bonds is 7. The van der Waals surface area contributed by atoms with Crippen molar-refractivity contribution in [1.29, 1.82) is 0 Å². The molecule has 0 saturated heterocycles. The van der Waals surface area contributed by atoms with E-state index in [4.69, 9.17) is 11.6 Å². The molecule has 8 heteroatoms. The molecule has 3 heterocycles. The van der Waals surface area contributed by atoms with Gasteiger partial charge in [0.25, 0.3) is 11.1 Å². The molecule has 7 rings (SSSR count). The zero-order chi connectivity index (χ0) is 30.3. The minimum absolute atomic E-state index is 0.00746. The lowest BCUT2D eigenvalue weighted by molar-refractivity contribution is 0.667. The van der Waals surface area contributed by atoms with E-state index >= 15 is 0 Å². The Morgan fingerprint density at radius 1 is 0.568 bits per heavy atom. The number of hydrogen-bond donors (Lipinski definition) is 0. The summed E-state index contributed by atoms with van der Waals surface area (Å²) in [6.07, 6.45) is 3.10. The second-order valence-electron chi connectivity index (χ2n) is 10.4. The smallest absolute Gasteiger partial charge is 0.256 e. The van der Waals surface area contributed by atoms with Crippen molar-refractivity contribution in [2.45, 2.75) is 25.5 Å². The minimum Gasteiger partial charge on any atom is -0.304 e. The van der Waals surface area contributed by atoms with E-state index in [0.717, 1.165) is 32.9 Å². The molecule has 0 radical (unpaired) electrons. The first kappa shape index (κ1) is 28.8. The van der Waals surface area contributed by atoms with Crippen molar-refractivity contribution in [2.24, 2.45) is 0 Å². The van der Waals surface area contributed by atoms with E-state index in [0.29, 0.717) is 30.8 Å². The normalized spacial score (nSPS) is 10.9. The topological polar surface area (TPSA) is 74.7 Å². The Morgan fingerprint density at radius 2 is 1.05 bits per heavy atom. The molecule has 0 unspecified atom stereocenters. The third-order valence-corrected chi connectivity index (χ3v) is 7.75. The summed E-state index contributed by atoms with van der Waals surface area (Å²) in [4.78, 5) is 29.5. The van der Waals surface area contributed by atoms with E-state index in [1.54, 1.807) is 15.6 Å². The van der Waals surface area contributed by atoms with Gasteiger partial charge < -0.3 is 9.13 Å². The molecule has 0 saturated carbocycles. The fraction of sp³-hybridized carbons (Fsp3) is 0.111. The Hall–Kier alpha value is -5.27. The van der Waals surface area contributed by atoms with E-state index in [1.165, 1.54) is 6.33 Å². The van der Waals surface area contributed by atoms with Crippen molar-refractivity contribution in [3.05, 3.63) is 177 Å². The van der Waals surface area contributed by atoms with Crippen LogP contribution in [0.15, 0.2) is 144 Å². The van der Waals surface area contributed by atoms with Crippen molar-refractivity contribution >= 4 is 33.4 Å². The van der Waals surface area contributed by atoms with Gasteiger partial charge in [-0.2, -0.15) is 5.10 Å². The number of aromatic nitrogens is 5. The van der Waals surface area contributed by atoms with E-state index in [9.17, 15) is 9.59 Å². The molecule has 44 heavy (non-hydrogen) atoms. The zero-order valence-corrected chi connectivity index (χ0v) is 24.7. The van der Waals surface area contributed by atoms with Crippen molar-refractivity contribution in [3.8, 4) is 0 Å². The van der Waals surface area contributed by atoms with Crippen molar-refractivity contribution in [3.63, 3.8) is 0 Å². The highest BCUT2D eigenvalue weighted by molar-refractivity contribution is 6.17. The first-order valence-corrected chi connectivity index (χ1v) is 14.8. The summed E-state index contributed by atoms with van der Waals surface area (Å²) >= 11 is 5.89. The number of para-hydroxylation sites is 2. The van der Waals surface area contributed by atoms with Crippen LogP contribution in [0.3, 0.4) is 0 Å². The quantitative estimate of drug-likeness (QED) is 0.197. The molecule has 0 spiro atoms. The van der Waals surface area contributed by atoms with Crippen LogP contribution < -0.4 is 11.1 Å². The maximum absolute atomic E-state index is 13.0. The summed E-state index contributed by atoms with van der Waals surface area (Å²) < 4.78 is 5.29. The van der Waals surface area contributed by atoms with Gasteiger partial charge in [-0.1, -0.05) is 97.1 Å². The molecular formula is C36H30ClN5O2. The largest absolute Gasteiger partial charge is 0.304 e. The Labute approximate surface area is 259 Å². The average molecular weight is 600 g/mol. The van der Waals surface area contributed by atoms with Gasteiger partial charge in [-0.15, -0.1) is 11.6 Å². The molecule has 3 aromatic heterocycles. The summed E-state index contributed by atoms with van der Waals surface area (Å²) in [5, 5.41) is 6.19. The molecule has 0 aliphatic carbocycles. The molecule has 0 amide bonds. The SMILES string of the molecule is O=c1c(CCl)cc2ccccc2n1Cc1ccccc1.O=c1c(Cn2cncn2)cc2ccccc2n1Cc1ccccc1. The maximum atomic E-state index is 13.0. The first-order valence-electron chi connectivity index (χ1n) is 14.3. The van der Waals surface area contributed by atoms with Gasteiger partial charge in [0, 0.05) is 11.1 Å². The molecule has 0 fully saturated rings. The third-order valence-electron chi connectivity index (χ3n) is 7.46. The Morgan fingerprint density at radius 3 is 1.55 bits per heavy atom. The summed E-state index contributed by atoms with van der Waals surface area (Å²) in [6.45, 7) is 1.52. The average Bonchev–Trinajstić information content (AvgIpc) is 3.59. The summed E-state index contributed by atoms with van der Waals surface area (Å²) in [6, 6.07) is 39.7. The molecule has 0 aliphatic heterocycles. The number of hydrogen-bond acceptors (Lipinski definition) is 4. The Bertz CT molecular complexity index is 2120. The van der Waals surface area contributed by atoms with Crippen LogP contribution in [0.4, 0.5) is 0 Å². The lowest BCUT2D eigenvalue weighted by Gasteiger charge is -2.13. The molecule has 4 aromatic carbocycles. The van der Waals surface area contributed by atoms with Crippen molar-refractivity contribution in [2.75, 3.05) is 0 Å². The molecule has 7 nitrogen and oxygen atoms in total. The number of halogens is 1. The standard InChI is InChI=1S/C19H16N4O.C17H14ClNO/c24-19-17(12-22-14-20-13-21-22)10-16-8-4-5-9-18(16)23(19)11-15-6-2-1-3-7-15;18-11-15-10-14-8-4-5-9-16(14)19(17(15)20)12-13-6-2-1-3-7-13/h1-10,13-14H,11-12H2;1-10H,11-12H2. The molecule has 0 bridgehead atoms. The summed E-state index contributed by atoms with van der Waals surface area (Å²) in [5.74, 6) is 0.235. The fourth-order valence-electron chi connectivity index (χ4n) is 5.32. The first-order chi connectivity index (χ1) is 21.6. The third kappa shape index (κ3) is 6.38. The number of pyridine rings is 2. The molecular weight excluding hydrogens is 570 g/mol. The molecule has 7 aromatic rings. The van der Waals surface area contributed by atoms with Crippen molar-refractivity contribution in [1.82, 2.24) is 23.9 Å². The minimum atomic E-state index is -0.0115. The second-order valence-corrected chi connectivity index (χ2v) is 10.7. The summed E-state index contributed by atoms with van der Waals surface area (Å²) in [7, 11) is 0. The van der Waals surface area contributed by atoms with Crippen LogP contribution in [-0.4, -0.2) is 23.9 Å². The molecule has 0 aliphatic rings. The Balaban J connectivity index is 0.000000159. The van der Waals surface area contributed by atoms with Crippen LogP contribution >= 0.6 is 11.6 Å². The molecule has 0 atom stereocenters. The van der Waals surface area contributed by atoms with E-state index in [-0.39, 0.29) is 17.0 Å². The van der Waals surface area contributed by atoms with Gasteiger partial charge in [-0.25, -0.2) is 9.67 Å². The van der Waals surface area contributed by atoms with E-state index in [1.807, 2.05) is 126 Å². The number of nitrogens with zero attached hydrogens (tertiary/aromatic N) is 5. The second kappa shape index (κ2) is 13.4. The van der Waals surface area contributed by atoms with Crippen LogP contribution in [0.25, 0.3) is 21.8 Å². The van der Waals surface area contributed by atoms with Gasteiger partial charge in [0.05, 0.1) is 36.5 Å². The van der Waals surface area contributed by atoms with Gasteiger partial charge in [0.15, 0.2) is 0 Å². The molecule has 218 valence electrons. The summed E-state index contributed by atoms with van der Waals surface area (Å²) in [5.41, 5.74) is 5.42. The van der Waals surface area contributed by atoms with Gasteiger partial charge in [-0.05, 0) is 46.2 Å². The zero-order valence-electron chi connectivity index (χ0n) is 24.0. The van der Waals surface area contributed by atoms with Crippen LogP contribution in [0.2, 0.25) is 0 Å². The highest BCUT2D eigenvalue weighted by atomic mass is 35.5. The van der Waals surface area contributed by atoms with Crippen LogP contribution in [0, 0.1) is 0 Å². The number of alkyl halides is 1. The monoisotopic (exact) mass is 599 g/mol. The van der Waals surface area contributed by atoms with Gasteiger partial charge in [-0.3, -0.25) is 9.59 Å². The number of benzene rings is 4. The predicted octanol–water partition coefficient (Wildman–Crippen LogP) is 6.48. The van der Waals surface area contributed by atoms with Crippen LogP contribution in [0.5, 0.6) is 0 Å². The predicted molar refractivity (Wildman–Crippen MR) is 176 cm³/mol.